The SMILES string of the molecule is O=C1C=CC(=O)N1C(=O)NC(NC(=O)N1C(=O)C=CC1=O)c1ccc2c(c1)OCO2. The molecule has 4 rings (SSSR count). The lowest BCUT2D eigenvalue weighted by Gasteiger charge is -2.24. The molecule has 0 fully saturated rings. The zero-order valence-electron chi connectivity index (χ0n) is 15.0. The van der Waals surface area contributed by atoms with Gasteiger partial charge < -0.3 is 20.1 Å². The van der Waals surface area contributed by atoms with Crippen LogP contribution in [0.15, 0.2) is 42.5 Å². The molecule has 1 aromatic carbocycles. The van der Waals surface area contributed by atoms with Crippen molar-refractivity contribution < 1.29 is 38.2 Å². The zero-order valence-corrected chi connectivity index (χ0v) is 15.0. The van der Waals surface area contributed by atoms with Gasteiger partial charge in [0, 0.05) is 24.3 Å². The Morgan fingerprint density at radius 2 is 1.23 bits per heavy atom. The van der Waals surface area contributed by atoms with Gasteiger partial charge in [-0.05, 0) is 17.7 Å². The highest BCUT2D eigenvalue weighted by molar-refractivity contribution is 6.23. The number of urea groups is 2. The number of amides is 8. The van der Waals surface area contributed by atoms with Gasteiger partial charge in [-0.3, -0.25) is 19.2 Å². The molecule has 0 aromatic heterocycles. The van der Waals surface area contributed by atoms with Crippen LogP contribution in [0.1, 0.15) is 11.7 Å². The summed E-state index contributed by atoms with van der Waals surface area (Å²) in [6.07, 6.45) is 2.35. The summed E-state index contributed by atoms with van der Waals surface area (Å²) in [5, 5.41) is 4.64. The lowest BCUT2D eigenvalue weighted by atomic mass is 10.1. The third-order valence-corrected chi connectivity index (χ3v) is 4.29. The number of hydrogen-bond acceptors (Lipinski definition) is 8. The number of ether oxygens (including phenoxy) is 2. The highest BCUT2D eigenvalue weighted by Crippen LogP contribution is 2.34. The van der Waals surface area contributed by atoms with E-state index >= 15 is 0 Å². The van der Waals surface area contributed by atoms with Crippen molar-refractivity contribution in [3.05, 3.63) is 48.1 Å². The van der Waals surface area contributed by atoms with Crippen LogP contribution in [0.2, 0.25) is 0 Å². The average Bonchev–Trinajstić information content (AvgIpc) is 3.39. The van der Waals surface area contributed by atoms with Gasteiger partial charge >= 0.3 is 12.1 Å². The van der Waals surface area contributed by atoms with Crippen LogP contribution in [0.25, 0.3) is 0 Å². The van der Waals surface area contributed by atoms with Gasteiger partial charge in [0.2, 0.25) is 6.79 Å². The van der Waals surface area contributed by atoms with E-state index in [2.05, 4.69) is 10.6 Å². The predicted molar refractivity (Wildman–Crippen MR) is 94.4 cm³/mol. The Morgan fingerprint density at radius 3 is 1.73 bits per heavy atom. The fourth-order valence-electron chi connectivity index (χ4n) is 2.87. The van der Waals surface area contributed by atoms with Crippen LogP contribution in [0.5, 0.6) is 11.5 Å². The number of nitrogens with one attached hydrogen (secondary N) is 2. The number of rotatable bonds is 3. The molecule has 30 heavy (non-hydrogen) atoms. The normalized spacial score (nSPS) is 16.8. The minimum atomic E-state index is -1.33. The molecule has 3 heterocycles. The minimum absolute atomic E-state index is 0.0208. The van der Waals surface area contributed by atoms with Crippen LogP contribution in [0.4, 0.5) is 9.59 Å². The summed E-state index contributed by atoms with van der Waals surface area (Å²) in [6.45, 7) is -0.0208. The van der Waals surface area contributed by atoms with Crippen molar-refractivity contribution in [3.63, 3.8) is 0 Å². The van der Waals surface area contributed by atoms with E-state index in [1.807, 2.05) is 0 Å². The molecule has 8 amide bonds. The van der Waals surface area contributed by atoms with Gasteiger partial charge in [-0.1, -0.05) is 6.07 Å². The molecule has 0 unspecified atom stereocenters. The zero-order chi connectivity index (χ0) is 21.4. The van der Waals surface area contributed by atoms with Crippen LogP contribution >= 0.6 is 0 Å². The van der Waals surface area contributed by atoms with Gasteiger partial charge in [0.1, 0.15) is 6.17 Å². The van der Waals surface area contributed by atoms with Crippen molar-refractivity contribution >= 4 is 35.7 Å². The first-order chi connectivity index (χ1) is 14.3. The Hall–Kier alpha value is -4.48. The van der Waals surface area contributed by atoms with Crippen LogP contribution in [0, 0.1) is 0 Å². The summed E-state index contributed by atoms with van der Waals surface area (Å²) in [5.74, 6) is -2.68. The fourth-order valence-corrected chi connectivity index (χ4v) is 2.87. The summed E-state index contributed by atoms with van der Waals surface area (Å²) in [6, 6.07) is 2.22. The summed E-state index contributed by atoms with van der Waals surface area (Å²) < 4.78 is 10.5. The highest BCUT2D eigenvalue weighted by Gasteiger charge is 2.35. The molecule has 0 aliphatic carbocycles. The Bertz CT molecular complexity index is 984. The molecule has 3 aliphatic rings. The van der Waals surface area contributed by atoms with Crippen LogP contribution in [-0.2, 0) is 19.2 Å². The van der Waals surface area contributed by atoms with Crippen molar-refractivity contribution in [1.82, 2.24) is 20.4 Å². The molecule has 12 heteroatoms. The maximum atomic E-state index is 12.5. The lowest BCUT2D eigenvalue weighted by Crippen LogP contribution is -2.52. The van der Waals surface area contributed by atoms with Crippen molar-refractivity contribution in [3.8, 4) is 11.5 Å². The first-order valence-corrected chi connectivity index (χ1v) is 8.48. The van der Waals surface area contributed by atoms with Crippen LogP contribution < -0.4 is 20.1 Å². The number of carbonyl (C=O) groups is 6. The number of carbonyl (C=O) groups excluding carboxylic acids is 6. The third kappa shape index (κ3) is 3.26. The average molecular weight is 412 g/mol. The second-order valence-electron chi connectivity index (χ2n) is 6.14. The van der Waals surface area contributed by atoms with E-state index < -0.39 is 41.9 Å². The summed E-state index contributed by atoms with van der Waals surface area (Å²) >= 11 is 0. The summed E-state index contributed by atoms with van der Waals surface area (Å²) in [4.78, 5) is 72.6. The molecule has 0 bridgehead atoms. The second-order valence-corrected chi connectivity index (χ2v) is 6.14. The van der Waals surface area contributed by atoms with E-state index in [0.717, 1.165) is 24.3 Å². The smallest absolute Gasteiger partial charge is 0.333 e. The van der Waals surface area contributed by atoms with Gasteiger partial charge in [-0.2, -0.15) is 9.80 Å². The molecule has 0 atom stereocenters. The van der Waals surface area contributed by atoms with Gasteiger partial charge in [0.25, 0.3) is 23.6 Å². The molecule has 2 N–H and O–H groups in total. The van der Waals surface area contributed by atoms with Crippen molar-refractivity contribution in [2.75, 3.05) is 6.79 Å². The minimum Gasteiger partial charge on any atom is -0.454 e. The van der Waals surface area contributed by atoms with Gasteiger partial charge in [0.15, 0.2) is 11.5 Å². The maximum Gasteiger partial charge on any atom is 0.333 e. The highest BCUT2D eigenvalue weighted by atomic mass is 16.7. The van der Waals surface area contributed by atoms with Gasteiger partial charge in [0.05, 0.1) is 0 Å². The van der Waals surface area contributed by atoms with E-state index in [4.69, 9.17) is 9.47 Å². The monoisotopic (exact) mass is 412 g/mol. The molecular weight excluding hydrogens is 400 g/mol. The van der Waals surface area contributed by atoms with E-state index in [0.29, 0.717) is 21.3 Å². The predicted octanol–water partition coefficient (Wildman–Crippen LogP) is -0.317. The quantitative estimate of drug-likeness (QED) is 0.506. The van der Waals surface area contributed by atoms with E-state index in [9.17, 15) is 28.8 Å². The molecule has 0 saturated heterocycles. The van der Waals surface area contributed by atoms with E-state index in [1.165, 1.54) is 18.2 Å². The van der Waals surface area contributed by atoms with E-state index in [1.54, 1.807) is 0 Å². The maximum absolute atomic E-state index is 12.5. The van der Waals surface area contributed by atoms with Crippen molar-refractivity contribution in [1.29, 1.82) is 0 Å². The summed E-state index contributed by atoms with van der Waals surface area (Å²) in [7, 11) is 0. The Labute approximate surface area is 167 Å². The van der Waals surface area contributed by atoms with Crippen molar-refractivity contribution in [2.45, 2.75) is 6.17 Å². The molecule has 152 valence electrons. The molecule has 12 nitrogen and oxygen atoms in total. The standard InChI is InChI=1S/C18H12N4O8/c23-12-3-4-13(24)21(12)17(27)19-16(9-1-2-10-11(7-9)30-8-29-10)20-18(28)22-14(25)5-6-15(22)26/h1-7,16H,8H2,(H,19,27)(H,20,28). The third-order valence-electron chi connectivity index (χ3n) is 4.29. The first-order valence-electron chi connectivity index (χ1n) is 8.48. The fraction of sp³-hybridized carbons (Fsp3) is 0.111. The lowest BCUT2D eigenvalue weighted by molar-refractivity contribution is -0.134. The molecule has 0 saturated carbocycles. The number of nitrogens with zero attached hydrogens (tertiary/aromatic N) is 2. The number of hydrogen-bond donors (Lipinski definition) is 2. The van der Waals surface area contributed by atoms with Gasteiger partial charge in [-0.15, -0.1) is 0 Å². The topological polar surface area (TPSA) is 151 Å². The Morgan fingerprint density at radius 1 is 0.767 bits per heavy atom. The summed E-state index contributed by atoms with van der Waals surface area (Å²) in [5.41, 5.74) is 0.264. The molecule has 3 aliphatic heterocycles. The molecule has 0 spiro atoms. The Kier molecular flexibility index (Phi) is 4.50. The second kappa shape index (κ2) is 7.16. The number of benzene rings is 1. The Balaban J connectivity index is 1.59. The molecular formula is C18H12N4O8. The van der Waals surface area contributed by atoms with Crippen LogP contribution in [0.3, 0.4) is 0 Å². The van der Waals surface area contributed by atoms with E-state index in [-0.39, 0.29) is 12.4 Å². The largest absolute Gasteiger partial charge is 0.454 e. The molecule has 0 radical (unpaired) electrons. The molecule has 1 aromatic rings. The first kappa shape index (κ1) is 18.9. The number of imide groups is 6. The van der Waals surface area contributed by atoms with Crippen LogP contribution in [-0.4, -0.2) is 52.3 Å². The number of fused-ring (bicyclic) bond motifs is 1. The van der Waals surface area contributed by atoms with Crippen molar-refractivity contribution in [2.24, 2.45) is 0 Å². The van der Waals surface area contributed by atoms with Gasteiger partial charge in [-0.25, -0.2) is 9.59 Å².